The molecule has 1 heterocycles. The Bertz CT molecular complexity index is 335. The van der Waals surface area contributed by atoms with Crippen molar-refractivity contribution in [2.75, 3.05) is 11.9 Å². The monoisotopic (exact) mass is 177 g/mol. The topological polar surface area (TPSA) is 38.3 Å². The maximum absolute atomic E-state index is 11.4. The number of ether oxygens (including phenoxy) is 1. The van der Waals surface area contributed by atoms with Crippen LogP contribution in [-0.2, 0) is 9.53 Å². The van der Waals surface area contributed by atoms with Crippen molar-refractivity contribution in [2.45, 2.75) is 13.0 Å². The third-order valence-corrected chi connectivity index (χ3v) is 2.07. The third kappa shape index (κ3) is 1.31. The molecule has 13 heavy (non-hydrogen) atoms. The lowest BCUT2D eigenvalue weighted by Gasteiger charge is -2.07. The highest BCUT2D eigenvalue weighted by molar-refractivity contribution is 6.01. The van der Waals surface area contributed by atoms with Gasteiger partial charge in [-0.15, -0.1) is 0 Å². The Morgan fingerprint density at radius 1 is 1.46 bits per heavy atom. The predicted molar refractivity (Wildman–Crippen MR) is 49.4 cm³/mol. The summed E-state index contributed by atoms with van der Waals surface area (Å²) in [6, 6.07) is 7.60. The number of fused-ring (bicyclic) bond motifs is 1. The van der Waals surface area contributed by atoms with Gasteiger partial charge in [0, 0.05) is 17.9 Å². The minimum Gasteiger partial charge on any atom is -0.364 e. The van der Waals surface area contributed by atoms with Gasteiger partial charge in [0.15, 0.2) is 6.10 Å². The summed E-state index contributed by atoms with van der Waals surface area (Å²) < 4.78 is 5.33. The van der Waals surface area contributed by atoms with E-state index < -0.39 is 6.10 Å². The van der Waals surface area contributed by atoms with Crippen molar-refractivity contribution in [2.24, 2.45) is 0 Å². The molecule has 1 atom stereocenters. The maximum Gasteiger partial charge on any atom is 0.258 e. The van der Waals surface area contributed by atoms with Crippen LogP contribution in [0.15, 0.2) is 24.3 Å². The number of hydrogen-bond donors (Lipinski definition) is 1. The van der Waals surface area contributed by atoms with Crippen LogP contribution in [0.4, 0.5) is 5.69 Å². The average Bonchev–Trinajstić information content (AvgIpc) is 2.44. The number of carbonyl (C=O) groups is 1. The first-order chi connectivity index (χ1) is 6.33. The van der Waals surface area contributed by atoms with Gasteiger partial charge >= 0.3 is 0 Å². The van der Waals surface area contributed by atoms with Crippen LogP contribution in [0.25, 0.3) is 0 Å². The van der Waals surface area contributed by atoms with E-state index in [-0.39, 0.29) is 5.91 Å². The summed E-state index contributed by atoms with van der Waals surface area (Å²) in [6.07, 6.45) is -0.416. The fraction of sp³-hybridized carbons (Fsp3) is 0.300. The fourth-order valence-corrected chi connectivity index (χ4v) is 1.51. The highest BCUT2D eigenvalue weighted by Crippen LogP contribution is 2.32. The molecule has 0 saturated carbocycles. The Balaban J connectivity index is 2.35. The Hall–Kier alpha value is -1.35. The van der Waals surface area contributed by atoms with E-state index in [9.17, 15) is 4.79 Å². The number of amides is 1. The molecule has 0 saturated heterocycles. The van der Waals surface area contributed by atoms with Crippen LogP contribution in [0, 0.1) is 0 Å². The summed E-state index contributed by atoms with van der Waals surface area (Å²) in [7, 11) is 0. The molecule has 0 bridgehead atoms. The van der Waals surface area contributed by atoms with E-state index >= 15 is 0 Å². The van der Waals surface area contributed by atoms with Crippen molar-refractivity contribution in [1.82, 2.24) is 0 Å². The highest BCUT2D eigenvalue weighted by Gasteiger charge is 2.30. The molecule has 0 radical (unpaired) electrons. The minimum atomic E-state index is -0.416. The fourth-order valence-electron chi connectivity index (χ4n) is 1.51. The first-order valence-corrected chi connectivity index (χ1v) is 4.34. The van der Waals surface area contributed by atoms with Crippen molar-refractivity contribution in [3.05, 3.63) is 29.8 Å². The molecular weight excluding hydrogens is 166 g/mol. The number of hydrogen-bond acceptors (Lipinski definition) is 2. The van der Waals surface area contributed by atoms with Crippen molar-refractivity contribution >= 4 is 11.6 Å². The molecule has 1 aliphatic heterocycles. The second kappa shape index (κ2) is 3.18. The van der Waals surface area contributed by atoms with Crippen molar-refractivity contribution < 1.29 is 9.53 Å². The molecule has 0 unspecified atom stereocenters. The predicted octanol–water partition coefficient (Wildman–Crippen LogP) is 1.72. The van der Waals surface area contributed by atoms with Crippen molar-refractivity contribution in [3.63, 3.8) is 0 Å². The zero-order valence-electron chi connectivity index (χ0n) is 7.41. The summed E-state index contributed by atoms with van der Waals surface area (Å²) in [4.78, 5) is 11.4. The van der Waals surface area contributed by atoms with E-state index in [0.717, 1.165) is 11.3 Å². The number of nitrogens with one attached hydrogen (secondary N) is 1. The second-order valence-corrected chi connectivity index (χ2v) is 2.91. The summed E-state index contributed by atoms with van der Waals surface area (Å²) in [5.74, 6) is -0.0666. The van der Waals surface area contributed by atoms with Crippen molar-refractivity contribution in [3.8, 4) is 0 Å². The van der Waals surface area contributed by atoms with Crippen LogP contribution in [0.3, 0.4) is 0 Å². The Kier molecular flexibility index (Phi) is 2.02. The highest BCUT2D eigenvalue weighted by atomic mass is 16.5. The quantitative estimate of drug-likeness (QED) is 0.746. The van der Waals surface area contributed by atoms with Gasteiger partial charge in [-0.3, -0.25) is 4.79 Å². The van der Waals surface area contributed by atoms with Gasteiger partial charge in [0.05, 0.1) is 0 Å². The molecule has 68 valence electrons. The molecule has 0 aliphatic carbocycles. The van der Waals surface area contributed by atoms with Gasteiger partial charge in [0.25, 0.3) is 5.91 Å². The van der Waals surface area contributed by atoms with Crippen LogP contribution < -0.4 is 5.32 Å². The van der Waals surface area contributed by atoms with Crippen LogP contribution >= 0.6 is 0 Å². The Labute approximate surface area is 76.7 Å². The van der Waals surface area contributed by atoms with E-state index in [0.29, 0.717) is 6.61 Å². The lowest BCUT2D eigenvalue weighted by atomic mass is 10.1. The largest absolute Gasteiger partial charge is 0.364 e. The molecule has 0 aromatic heterocycles. The molecule has 1 aromatic carbocycles. The number of rotatable bonds is 2. The smallest absolute Gasteiger partial charge is 0.258 e. The molecule has 1 N–H and O–H groups in total. The molecule has 1 aliphatic rings. The van der Waals surface area contributed by atoms with Gasteiger partial charge in [-0.25, -0.2) is 0 Å². The summed E-state index contributed by atoms with van der Waals surface area (Å²) in [5, 5.41) is 2.77. The first kappa shape index (κ1) is 8.26. The molecule has 3 nitrogen and oxygen atoms in total. The van der Waals surface area contributed by atoms with Gasteiger partial charge in [0.1, 0.15) is 0 Å². The third-order valence-electron chi connectivity index (χ3n) is 2.07. The van der Waals surface area contributed by atoms with E-state index in [4.69, 9.17) is 4.74 Å². The first-order valence-electron chi connectivity index (χ1n) is 4.34. The van der Waals surface area contributed by atoms with E-state index in [1.807, 2.05) is 31.2 Å². The zero-order chi connectivity index (χ0) is 9.26. The van der Waals surface area contributed by atoms with E-state index in [1.165, 1.54) is 0 Å². The minimum absolute atomic E-state index is 0.0666. The van der Waals surface area contributed by atoms with Crippen LogP contribution in [0.1, 0.15) is 18.6 Å². The Morgan fingerprint density at radius 3 is 3.00 bits per heavy atom. The maximum atomic E-state index is 11.4. The number of para-hydroxylation sites is 1. The van der Waals surface area contributed by atoms with Crippen LogP contribution in [-0.4, -0.2) is 12.5 Å². The van der Waals surface area contributed by atoms with E-state index in [2.05, 4.69) is 5.32 Å². The van der Waals surface area contributed by atoms with E-state index in [1.54, 1.807) is 0 Å². The summed E-state index contributed by atoms with van der Waals surface area (Å²) in [5.41, 5.74) is 1.81. The van der Waals surface area contributed by atoms with Gasteiger partial charge < -0.3 is 10.1 Å². The zero-order valence-corrected chi connectivity index (χ0v) is 7.41. The molecular formula is C10H11NO2. The lowest BCUT2D eigenvalue weighted by Crippen LogP contribution is -2.14. The van der Waals surface area contributed by atoms with Gasteiger partial charge in [-0.05, 0) is 13.0 Å². The summed E-state index contributed by atoms with van der Waals surface area (Å²) in [6.45, 7) is 2.43. The standard InChI is InChI=1S/C10H11NO2/c1-2-13-9-7-5-3-4-6-8(7)11-10(9)12/h3-6,9H,2H2,1H3,(H,11,12)/t9-/m0/s1. The molecule has 2 rings (SSSR count). The molecule has 1 aromatic rings. The van der Waals surface area contributed by atoms with Gasteiger partial charge in [-0.1, -0.05) is 18.2 Å². The van der Waals surface area contributed by atoms with Crippen LogP contribution in [0.5, 0.6) is 0 Å². The van der Waals surface area contributed by atoms with Crippen molar-refractivity contribution in [1.29, 1.82) is 0 Å². The number of anilines is 1. The lowest BCUT2D eigenvalue weighted by molar-refractivity contribution is -0.126. The molecule has 0 fully saturated rings. The Morgan fingerprint density at radius 2 is 2.23 bits per heavy atom. The number of carbonyl (C=O) groups excluding carboxylic acids is 1. The SMILES string of the molecule is CCO[C@@H]1C(=O)Nc2ccccc21. The van der Waals surface area contributed by atoms with Gasteiger partial charge in [0.2, 0.25) is 0 Å². The van der Waals surface area contributed by atoms with Crippen LogP contribution in [0.2, 0.25) is 0 Å². The number of benzene rings is 1. The second-order valence-electron chi connectivity index (χ2n) is 2.91. The van der Waals surface area contributed by atoms with Gasteiger partial charge in [-0.2, -0.15) is 0 Å². The molecule has 3 heteroatoms. The summed E-state index contributed by atoms with van der Waals surface area (Å²) >= 11 is 0. The molecule has 1 amide bonds. The molecule has 0 spiro atoms. The average molecular weight is 177 g/mol. The normalized spacial score (nSPS) is 19.8.